The van der Waals surface area contributed by atoms with Crippen LogP contribution in [0.2, 0.25) is 0 Å². The van der Waals surface area contributed by atoms with Crippen LogP contribution in [0.4, 0.5) is 5.69 Å². The van der Waals surface area contributed by atoms with Gasteiger partial charge in [-0.1, -0.05) is 35.9 Å². The summed E-state index contributed by atoms with van der Waals surface area (Å²) in [5.74, 6) is -0.590. The summed E-state index contributed by atoms with van der Waals surface area (Å²) in [5, 5.41) is 14.4. The van der Waals surface area contributed by atoms with Crippen molar-refractivity contribution in [1.82, 2.24) is 5.32 Å². The molecule has 0 saturated heterocycles. The molecule has 6 nitrogen and oxygen atoms in total. The lowest BCUT2D eigenvalue weighted by Gasteiger charge is -2.07. The summed E-state index contributed by atoms with van der Waals surface area (Å²) in [6.07, 6.45) is 0. The maximum absolute atomic E-state index is 11.5. The van der Waals surface area contributed by atoms with Gasteiger partial charge in [0.15, 0.2) is 0 Å². The molecule has 120 valence electrons. The third-order valence-corrected chi connectivity index (χ3v) is 3.47. The van der Waals surface area contributed by atoms with E-state index in [1.807, 2.05) is 31.2 Å². The normalized spacial score (nSPS) is 10.3. The van der Waals surface area contributed by atoms with Crippen molar-refractivity contribution in [3.05, 3.63) is 74.8 Å². The number of hydrogen-bond donors (Lipinski definition) is 1. The Labute approximate surface area is 134 Å². The summed E-state index contributed by atoms with van der Waals surface area (Å²) in [5.41, 5.74) is 2.88. The van der Waals surface area contributed by atoms with E-state index in [0.29, 0.717) is 18.7 Å². The molecule has 0 heterocycles. The number of carbonyl (C=O) groups is 1. The monoisotopic (exact) mass is 314 g/mol. The summed E-state index contributed by atoms with van der Waals surface area (Å²) in [4.78, 5) is 22.2. The fourth-order valence-corrected chi connectivity index (χ4v) is 2.18. The second-order valence-electron chi connectivity index (χ2n) is 5.18. The van der Waals surface area contributed by atoms with Gasteiger partial charge in [-0.2, -0.15) is 0 Å². The Bertz CT molecular complexity index is 711. The first-order valence-electron chi connectivity index (χ1n) is 7.13. The van der Waals surface area contributed by atoms with Gasteiger partial charge in [-0.25, -0.2) is 4.79 Å². The standard InChI is InChI=1S/C17H18N2O4/c1-12-3-5-13(6-4-12)10-18-11-15-8-7-14(17(20)23-2)9-16(15)19(21)22/h3-9,18H,10-11H2,1-2H3. The van der Waals surface area contributed by atoms with Crippen LogP contribution in [0.1, 0.15) is 27.0 Å². The number of methoxy groups -OCH3 is 1. The van der Waals surface area contributed by atoms with Gasteiger partial charge in [0.2, 0.25) is 0 Å². The second kappa shape index (κ2) is 7.51. The molecule has 2 aromatic rings. The van der Waals surface area contributed by atoms with Crippen LogP contribution in [0.25, 0.3) is 0 Å². The van der Waals surface area contributed by atoms with Gasteiger partial charge in [-0.05, 0) is 18.6 Å². The Hall–Kier alpha value is -2.73. The number of nitro benzene ring substituents is 1. The molecule has 0 aliphatic heterocycles. The molecule has 2 rings (SSSR count). The van der Waals surface area contributed by atoms with E-state index in [1.165, 1.54) is 24.8 Å². The maximum atomic E-state index is 11.5. The molecule has 0 radical (unpaired) electrons. The van der Waals surface area contributed by atoms with Crippen molar-refractivity contribution < 1.29 is 14.5 Å². The molecular weight excluding hydrogens is 296 g/mol. The first kappa shape index (κ1) is 16.6. The quantitative estimate of drug-likeness (QED) is 0.503. The largest absolute Gasteiger partial charge is 0.465 e. The van der Waals surface area contributed by atoms with Crippen LogP contribution in [0.15, 0.2) is 42.5 Å². The van der Waals surface area contributed by atoms with Gasteiger partial charge in [-0.3, -0.25) is 10.1 Å². The smallest absolute Gasteiger partial charge is 0.338 e. The Morgan fingerprint density at radius 1 is 1.17 bits per heavy atom. The van der Waals surface area contributed by atoms with Crippen LogP contribution >= 0.6 is 0 Å². The first-order valence-corrected chi connectivity index (χ1v) is 7.13. The van der Waals surface area contributed by atoms with E-state index in [2.05, 4.69) is 10.1 Å². The van der Waals surface area contributed by atoms with Crippen molar-refractivity contribution in [3.63, 3.8) is 0 Å². The average molecular weight is 314 g/mol. The van der Waals surface area contributed by atoms with Crippen LogP contribution in [0.3, 0.4) is 0 Å². The van der Waals surface area contributed by atoms with Gasteiger partial charge in [0.1, 0.15) is 0 Å². The van der Waals surface area contributed by atoms with Crippen molar-refractivity contribution in [1.29, 1.82) is 0 Å². The van der Waals surface area contributed by atoms with Crippen molar-refractivity contribution >= 4 is 11.7 Å². The molecule has 0 unspecified atom stereocenters. The van der Waals surface area contributed by atoms with Crippen LogP contribution in [-0.4, -0.2) is 18.0 Å². The number of rotatable bonds is 6. The fourth-order valence-electron chi connectivity index (χ4n) is 2.18. The summed E-state index contributed by atoms with van der Waals surface area (Å²) in [6, 6.07) is 12.4. The van der Waals surface area contributed by atoms with E-state index >= 15 is 0 Å². The van der Waals surface area contributed by atoms with E-state index in [1.54, 1.807) is 6.07 Å². The molecule has 0 saturated carbocycles. The van der Waals surface area contributed by atoms with Crippen LogP contribution in [-0.2, 0) is 17.8 Å². The van der Waals surface area contributed by atoms with E-state index in [4.69, 9.17) is 0 Å². The molecule has 0 bridgehead atoms. The summed E-state index contributed by atoms with van der Waals surface area (Å²) < 4.78 is 4.58. The number of ether oxygens (including phenoxy) is 1. The molecule has 0 aromatic heterocycles. The second-order valence-corrected chi connectivity index (χ2v) is 5.18. The average Bonchev–Trinajstić information content (AvgIpc) is 2.56. The molecule has 0 aliphatic carbocycles. The summed E-state index contributed by atoms with van der Waals surface area (Å²) >= 11 is 0. The van der Waals surface area contributed by atoms with Gasteiger partial charge < -0.3 is 10.1 Å². The zero-order valence-electron chi connectivity index (χ0n) is 13.0. The number of carbonyl (C=O) groups excluding carboxylic acids is 1. The zero-order valence-corrected chi connectivity index (χ0v) is 13.0. The van der Waals surface area contributed by atoms with Crippen molar-refractivity contribution in [3.8, 4) is 0 Å². The Balaban J connectivity index is 2.08. The molecule has 1 N–H and O–H groups in total. The fraction of sp³-hybridized carbons (Fsp3) is 0.235. The van der Waals surface area contributed by atoms with Gasteiger partial charge in [0, 0.05) is 24.7 Å². The van der Waals surface area contributed by atoms with E-state index in [0.717, 1.165) is 5.56 Å². The number of aryl methyl sites for hydroxylation is 1. The SMILES string of the molecule is COC(=O)c1ccc(CNCc2ccc(C)cc2)c([N+](=O)[O-])c1. The maximum Gasteiger partial charge on any atom is 0.338 e. The number of benzene rings is 2. The number of nitrogens with zero attached hydrogens (tertiary/aromatic N) is 1. The number of hydrogen-bond acceptors (Lipinski definition) is 5. The Morgan fingerprint density at radius 3 is 2.48 bits per heavy atom. The third kappa shape index (κ3) is 4.37. The van der Waals surface area contributed by atoms with Gasteiger partial charge in [-0.15, -0.1) is 0 Å². The molecule has 0 spiro atoms. The third-order valence-electron chi connectivity index (χ3n) is 3.47. The van der Waals surface area contributed by atoms with E-state index in [-0.39, 0.29) is 11.3 Å². The van der Waals surface area contributed by atoms with Gasteiger partial charge in [0.05, 0.1) is 17.6 Å². The highest BCUT2D eigenvalue weighted by Gasteiger charge is 2.17. The summed E-state index contributed by atoms with van der Waals surface area (Å²) in [7, 11) is 1.24. The molecule has 6 heteroatoms. The predicted octanol–water partition coefficient (Wildman–Crippen LogP) is 2.98. The lowest BCUT2D eigenvalue weighted by atomic mass is 10.1. The predicted molar refractivity (Wildman–Crippen MR) is 86.2 cm³/mol. The Morgan fingerprint density at radius 2 is 1.87 bits per heavy atom. The zero-order chi connectivity index (χ0) is 16.8. The number of nitrogens with one attached hydrogen (secondary N) is 1. The first-order chi connectivity index (χ1) is 11.0. The van der Waals surface area contributed by atoms with Crippen molar-refractivity contribution in [2.45, 2.75) is 20.0 Å². The highest BCUT2D eigenvalue weighted by atomic mass is 16.6. The molecule has 0 aliphatic rings. The van der Waals surface area contributed by atoms with Crippen molar-refractivity contribution in [2.75, 3.05) is 7.11 Å². The van der Waals surface area contributed by atoms with Crippen LogP contribution in [0, 0.1) is 17.0 Å². The number of esters is 1. The molecule has 2 aromatic carbocycles. The highest BCUT2D eigenvalue weighted by Crippen LogP contribution is 2.21. The lowest BCUT2D eigenvalue weighted by molar-refractivity contribution is -0.385. The van der Waals surface area contributed by atoms with Crippen molar-refractivity contribution in [2.24, 2.45) is 0 Å². The van der Waals surface area contributed by atoms with Gasteiger partial charge >= 0.3 is 5.97 Å². The minimum Gasteiger partial charge on any atom is -0.465 e. The Kier molecular flexibility index (Phi) is 5.43. The molecule has 0 amide bonds. The topological polar surface area (TPSA) is 81.5 Å². The highest BCUT2D eigenvalue weighted by molar-refractivity contribution is 5.90. The van der Waals surface area contributed by atoms with Gasteiger partial charge in [0.25, 0.3) is 5.69 Å². The van der Waals surface area contributed by atoms with Crippen LogP contribution in [0.5, 0.6) is 0 Å². The summed E-state index contributed by atoms with van der Waals surface area (Å²) in [6.45, 7) is 2.96. The minimum absolute atomic E-state index is 0.0932. The molecule has 23 heavy (non-hydrogen) atoms. The lowest BCUT2D eigenvalue weighted by Crippen LogP contribution is -2.14. The molecular formula is C17H18N2O4. The molecule has 0 atom stereocenters. The number of nitro groups is 1. The molecule has 0 fully saturated rings. The van der Waals surface area contributed by atoms with Crippen LogP contribution < -0.4 is 5.32 Å². The van der Waals surface area contributed by atoms with E-state index in [9.17, 15) is 14.9 Å². The van der Waals surface area contributed by atoms with E-state index < -0.39 is 10.9 Å². The minimum atomic E-state index is -0.590.